The van der Waals surface area contributed by atoms with Gasteiger partial charge in [-0.1, -0.05) is 18.2 Å². The SMILES string of the molecule is COCCOc1ncccc1CN=C(N)Nc1ccccc1OC. The lowest BCUT2D eigenvalue weighted by molar-refractivity contribution is 0.143. The molecule has 0 unspecified atom stereocenters. The number of aliphatic imine (C=N–C) groups is 1. The van der Waals surface area contributed by atoms with Gasteiger partial charge in [0, 0.05) is 18.9 Å². The molecule has 0 bridgehead atoms. The lowest BCUT2D eigenvalue weighted by Gasteiger charge is -2.11. The molecule has 3 N–H and O–H groups in total. The van der Waals surface area contributed by atoms with Crippen LogP contribution in [0.2, 0.25) is 0 Å². The number of nitrogens with zero attached hydrogens (tertiary/aromatic N) is 2. The van der Waals surface area contributed by atoms with Crippen molar-refractivity contribution in [1.82, 2.24) is 4.98 Å². The van der Waals surface area contributed by atoms with E-state index in [1.165, 1.54) is 0 Å². The number of aromatic nitrogens is 1. The highest BCUT2D eigenvalue weighted by Gasteiger charge is 2.06. The van der Waals surface area contributed by atoms with E-state index >= 15 is 0 Å². The third-order valence-electron chi connectivity index (χ3n) is 3.17. The Balaban J connectivity index is 2.02. The van der Waals surface area contributed by atoms with E-state index in [1.54, 1.807) is 20.4 Å². The predicted molar refractivity (Wildman–Crippen MR) is 93.6 cm³/mol. The van der Waals surface area contributed by atoms with Gasteiger partial charge in [0.05, 0.1) is 25.9 Å². The van der Waals surface area contributed by atoms with Gasteiger partial charge < -0.3 is 25.3 Å². The topological polar surface area (TPSA) is 91.0 Å². The molecule has 2 aromatic rings. The van der Waals surface area contributed by atoms with Crippen molar-refractivity contribution in [3.63, 3.8) is 0 Å². The summed E-state index contributed by atoms with van der Waals surface area (Å²) in [6.45, 7) is 1.28. The number of guanidine groups is 1. The molecule has 0 aliphatic rings. The second-order valence-corrected chi connectivity index (χ2v) is 4.84. The molecule has 0 aliphatic heterocycles. The van der Waals surface area contributed by atoms with E-state index < -0.39 is 0 Å². The van der Waals surface area contributed by atoms with Crippen LogP contribution in [0.5, 0.6) is 11.6 Å². The Morgan fingerprint density at radius 3 is 2.79 bits per heavy atom. The quantitative estimate of drug-likeness (QED) is 0.437. The first-order valence-electron chi connectivity index (χ1n) is 7.50. The highest BCUT2D eigenvalue weighted by molar-refractivity contribution is 5.93. The van der Waals surface area contributed by atoms with E-state index in [1.807, 2.05) is 36.4 Å². The smallest absolute Gasteiger partial charge is 0.218 e. The number of benzene rings is 1. The van der Waals surface area contributed by atoms with Crippen LogP contribution in [-0.4, -0.2) is 38.4 Å². The number of para-hydroxylation sites is 2. The molecule has 0 atom stereocenters. The Morgan fingerprint density at radius 2 is 2.00 bits per heavy atom. The van der Waals surface area contributed by atoms with Crippen LogP contribution < -0.4 is 20.5 Å². The van der Waals surface area contributed by atoms with Gasteiger partial charge in [0.25, 0.3) is 0 Å². The summed E-state index contributed by atoms with van der Waals surface area (Å²) in [7, 11) is 3.23. The number of hydrogen-bond donors (Lipinski definition) is 2. The van der Waals surface area contributed by atoms with Gasteiger partial charge in [-0.05, 0) is 18.2 Å². The third kappa shape index (κ3) is 5.13. The first kappa shape index (κ1) is 17.6. The van der Waals surface area contributed by atoms with Crippen LogP contribution in [-0.2, 0) is 11.3 Å². The molecule has 1 heterocycles. The maximum Gasteiger partial charge on any atom is 0.218 e. The minimum Gasteiger partial charge on any atom is -0.495 e. The fourth-order valence-electron chi connectivity index (χ4n) is 1.99. The van der Waals surface area contributed by atoms with Gasteiger partial charge in [-0.15, -0.1) is 0 Å². The summed E-state index contributed by atoms with van der Waals surface area (Å²) >= 11 is 0. The molecule has 0 amide bonds. The predicted octanol–water partition coefficient (Wildman–Crippen LogP) is 2.04. The minimum absolute atomic E-state index is 0.284. The summed E-state index contributed by atoms with van der Waals surface area (Å²) in [5, 5.41) is 3.02. The number of rotatable bonds is 8. The van der Waals surface area contributed by atoms with Crippen LogP contribution in [0.1, 0.15) is 5.56 Å². The van der Waals surface area contributed by atoms with Gasteiger partial charge in [0.15, 0.2) is 5.96 Å². The van der Waals surface area contributed by atoms with Crippen LogP contribution in [0.3, 0.4) is 0 Å². The molecule has 24 heavy (non-hydrogen) atoms. The fraction of sp³-hybridized carbons (Fsp3) is 0.294. The lowest BCUT2D eigenvalue weighted by Crippen LogP contribution is -2.23. The summed E-state index contributed by atoms with van der Waals surface area (Å²) in [6.07, 6.45) is 1.67. The normalized spacial score (nSPS) is 11.2. The molecule has 1 aromatic heterocycles. The average Bonchev–Trinajstić information content (AvgIpc) is 2.61. The van der Waals surface area contributed by atoms with Crippen LogP contribution in [0, 0.1) is 0 Å². The van der Waals surface area contributed by atoms with Crippen LogP contribution in [0.4, 0.5) is 5.69 Å². The van der Waals surface area contributed by atoms with E-state index in [4.69, 9.17) is 19.9 Å². The summed E-state index contributed by atoms with van der Waals surface area (Å²) in [6, 6.07) is 11.2. The maximum atomic E-state index is 5.95. The molecule has 0 saturated carbocycles. The largest absolute Gasteiger partial charge is 0.495 e. The van der Waals surface area contributed by atoms with Crippen LogP contribution >= 0.6 is 0 Å². The molecular formula is C17H22N4O3. The first-order valence-corrected chi connectivity index (χ1v) is 7.50. The molecular weight excluding hydrogens is 308 g/mol. The summed E-state index contributed by atoms with van der Waals surface area (Å²) in [5.74, 6) is 1.51. The average molecular weight is 330 g/mol. The van der Waals surface area contributed by atoms with E-state index in [0.29, 0.717) is 31.4 Å². The first-order chi connectivity index (χ1) is 11.7. The maximum absolute atomic E-state index is 5.95. The summed E-state index contributed by atoms with van der Waals surface area (Å²) in [4.78, 5) is 8.54. The summed E-state index contributed by atoms with van der Waals surface area (Å²) in [5.41, 5.74) is 7.55. The second-order valence-electron chi connectivity index (χ2n) is 4.84. The number of anilines is 1. The number of hydrogen-bond acceptors (Lipinski definition) is 5. The molecule has 1 aromatic carbocycles. The van der Waals surface area contributed by atoms with Crippen molar-refractivity contribution in [2.24, 2.45) is 10.7 Å². The Morgan fingerprint density at radius 1 is 1.17 bits per heavy atom. The van der Waals surface area contributed by atoms with E-state index in [0.717, 1.165) is 11.3 Å². The van der Waals surface area contributed by atoms with Crippen molar-refractivity contribution in [2.45, 2.75) is 6.54 Å². The second kappa shape index (κ2) is 9.36. The molecule has 128 valence electrons. The Kier molecular flexibility index (Phi) is 6.85. The zero-order valence-electron chi connectivity index (χ0n) is 13.9. The molecule has 0 radical (unpaired) electrons. The summed E-state index contributed by atoms with van der Waals surface area (Å²) < 4.78 is 15.8. The zero-order chi connectivity index (χ0) is 17.2. The Labute approximate surface area is 141 Å². The van der Waals surface area contributed by atoms with Gasteiger partial charge in [0.1, 0.15) is 12.4 Å². The highest BCUT2D eigenvalue weighted by Crippen LogP contribution is 2.22. The minimum atomic E-state index is 0.284. The van der Waals surface area contributed by atoms with Crippen LogP contribution in [0.25, 0.3) is 0 Å². The number of methoxy groups -OCH3 is 2. The molecule has 0 saturated heterocycles. The van der Waals surface area contributed by atoms with E-state index in [-0.39, 0.29) is 5.96 Å². The highest BCUT2D eigenvalue weighted by atomic mass is 16.5. The Hall–Kier alpha value is -2.80. The standard InChI is InChI=1S/C17H22N4O3/c1-22-10-11-24-16-13(6-5-9-19-16)12-20-17(18)21-14-7-3-4-8-15(14)23-2/h3-9H,10-12H2,1-2H3,(H3,18,20,21). The lowest BCUT2D eigenvalue weighted by atomic mass is 10.3. The van der Waals surface area contributed by atoms with Gasteiger partial charge in [-0.25, -0.2) is 9.98 Å². The molecule has 0 aliphatic carbocycles. The van der Waals surface area contributed by atoms with Gasteiger partial charge in [-0.2, -0.15) is 0 Å². The van der Waals surface area contributed by atoms with Crippen LogP contribution in [0.15, 0.2) is 47.6 Å². The van der Waals surface area contributed by atoms with Gasteiger partial charge in [0.2, 0.25) is 5.88 Å². The van der Waals surface area contributed by atoms with Gasteiger partial charge >= 0.3 is 0 Å². The molecule has 7 nitrogen and oxygen atoms in total. The third-order valence-corrected chi connectivity index (χ3v) is 3.17. The number of ether oxygens (including phenoxy) is 3. The molecule has 7 heteroatoms. The van der Waals surface area contributed by atoms with E-state index in [9.17, 15) is 0 Å². The van der Waals surface area contributed by atoms with Gasteiger partial charge in [-0.3, -0.25) is 0 Å². The zero-order valence-corrected chi connectivity index (χ0v) is 13.9. The number of nitrogens with one attached hydrogen (secondary N) is 1. The van der Waals surface area contributed by atoms with Crippen molar-refractivity contribution in [1.29, 1.82) is 0 Å². The Bertz CT molecular complexity index is 676. The van der Waals surface area contributed by atoms with Crippen molar-refractivity contribution in [3.05, 3.63) is 48.2 Å². The molecule has 0 spiro atoms. The molecule has 0 fully saturated rings. The number of pyridine rings is 1. The molecule has 2 rings (SSSR count). The van der Waals surface area contributed by atoms with E-state index in [2.05, 4.69) is 15.3 Å². The van der Waals surface area contributed by atoms with Crippen molar-refractivity contribution in [3.8, 4) is 11.6 Å². The van der Waals surface area contributed by atoms with Crippen molar-refractivity contribution in [2.75, 3.05) is 32.8 Å². The number of nitrogens with two attached hydrogens (primary N) is 1. The fourth-order valence-corrected chi connectivity index (χ4v) is 1.99. The van der Waals surface area contributed by atoms with Crippen molar-refractivity contribution >= 4 is 11.6 Å². The van der Waals surface area contributed by atoms with Crippen molar-refractivity contribution < 1.29 is 14.2 Å². The monoisotopic (exact) mass is 330 g/mol.